The Morgan fingerprint density at radius 2 is 1.84 bits per heavy atom. The van der Waals surface area contributed by atoms with E-state index >= 15 is 0 Å². The van der Waals surface area contributed by atoms with Crippen molar-refractivity contribution in [2.24, 2.45) is 0 Å². The van der Waals surface area contributed by atoms with E-state index in [-0.39, 0.29) is 0 Å². The zero-order chi connectivity index (χ0) is 13.2. The number of fused-ring (bicyclic) bond motifs is 1. The van der Waals surface area contributed by atoms with E-state index in [4.69, 9.17) is 0 Å². The zero-order valence-electron chi connectivity index (χ0n) is 10.8. The van der Waals surface area contributed by atoms with Crippen LogP contribution in [0, 0.1) is 13.8 Å². The maximum Gasteiger partial charge on any atom is 0.148 e. The maximum atomic E-state index is 4.60. The molecule has 1 aromatic carbocycles. The lowest BCUT2D eigenvalue weighted by atomic mass is 10.3. The number of anilines is 1. The molecule has 2 heterocycles. The van der Waals surface area contributed by atoms with Crippen LogP contribution < -0.4 is 5.32 Å². The summed E-state index contributed by atoms with van der Waals surface area (Å²) in [6.07, 6.45) is 1.89. The van der Waals surface area contributed by atoms with Crippen molar-refractivity contribution in [3.05, 3.63) is 46.0 Å². The van der Waals surface area contributed by atoms with Crippen LogP contribution in [0.5, 0.6) is 0 Å². The first-order chi connectivity index (χ1) is 9.22. The molecular formula is C14H14N4S. The Hall–Kier alpha value is -2.01. The van der Waals surface area contributed by atoms with Gasteiger partial charge in [0.1, 0.15) is 10.8 Å². The number of thiazole rings is 1. The molecule has 0 aliphatic heterocycles. The molecule has 0 saturated heterocycles. The topological polar surface area (TPSA) is 50.7 Å². The lowest BCUT2D eigenvalue weighted by molar-refractivity contribution is 1.06. The number of nitrogens with one attached hydrogen (secondary N) is 1. The van der Waals surface area contributed by atoms with Gasteiger partial charge in [0.25, 0.3) is 0 Å². The third-order valence-electron chi connectivity index (χ3n) is 2.82. The van der Waals surface area contributed by atoms with Gasteiger partial charge in [0.2, 0.25) is 0 Å². The van der Waals surface area contributed by atoms with E-state index in [1.165, 1.54) is 4.88 Å². The molecule has 0 spiro atoms. The van der Waals surface area contributed by atoms with Crippen LogP contribution >= 0.6 is 11.3 Å². The lowest BCUT2D eigenvalue weighted by Crippen LogP contribution is -2.04. The van der Waals surface area contributed by atoms with E-state index in [0.717, 1.165) is 27.6 Å². The SMILES string of the molecule is Cc1cnc(CNc2nc3ccccc3nc2C)s1. The summed E-state index contributed by atoms with van der Waals surface area (Å²) in [6.45, 7) is 4.71. The van der Waals surface area contributed by atoms with Gasteiger partial charge in [0.05, 0.1) is 23.3 Å². The molecule has 0 fully saturated rings. The van der Waals surface area contributed by atoms with Gasteiger partial charge in [-0.1, -0.05) is 12.1 Å². The van der Waals surface area contributed by atoms with Crippen LogP contribution in [0.3, 0.4) is 0 Å². The van der Waals surface area contributed by atoms with Gasteiger partial charge >= 0.3 is 0 Å². The third-order valence-corrected chi connectivity index (χ3v) is 3.73. The van der Waals surface area contributed by atoms with E-state index < -0.39 is 0 Å². The predicted octanol–water partition coefficient (Wildman–Crippen LogP) is 3.32. The molecule has 3 rings (SSSR count). The summed E-state index contributed by atoms with van der Waals surface area (Å²) in [6, 6.07) is 7.89. The van der Waals surface area contributed by atoms with Gasteiger partial charge in [0.15, 0.2) is 0 Å². The van der Waals surface area contributed by atoms with Crippen molar-refractivity contribution in [3.63, 3.8) is 0 Å². The molecule has 96 valence electrons. The van der Waals surface area contributed by atoms with E-state index in [1.807, 2.05) is 37.4 Å². The molecule has 0 unspecified atom stereocenters. The van der Waals surface area contributed by atoms with Crippen LogP contribution in [-0.4, -0.2) is 15.0 Å². The second-order valence-corrected chi connectivity index (χ2v) is 5.68. The number of hydrogen-bond donors (Lipinski definition) is 1. The summed E-state index contributed by atoms with van der Waals surface area (Å²) >= 11 is 1.69. The molecule has 0 bridgehead atoms. The van der Waals surface area contributed by atoms with Gasteiger partial charge in [0, 0.05) is 11.1 Å². The minimum absolute atomic E-state index is 0.687. The first-order valence-corrected chi connectivity index (χ1v) is 6.92. The highest BCUT2D eigenvalue weighted by molar-refractivity contribution is 7.11. The van der Waals surface area contributed by atoms with E-state index in [2.05, 4.69) is 27.2 Å². The van der Waals surface area contributed by atoms with E-state index in [0.29, 0.717) is 6.54 Å². The summed E-state index contributed by atoms with van der Waals surface area (Å²) in [5.41, 5.74) is 2.74. The Balaban J connectivity index is 1.86. The smallest absolute Gasteiger partial charge is 0.148 e. The minimum atomic E-state index is 0.687. The molecule has 2 aromatic heterocycles. The number of hydrogen-bond acceptors (Lipinski definition) is 5. The van der Waals surface area contributed by atoms with Crippen molar-refractivity contribution in [2.75, 3.05) is 5.32 Å². The molecule has 0 radical (unpaired) electrons. The second kappa shape index (κ2) is 4.93. The summed E-state index contributed by atoms with van der Waals surface area (Å²) in [5.74, 6) is 0.826. The molecule has 3 aromatic rings. The number of benzene rings is 1. The van der Waals surface area contributed by atoms with Gasteiger partial charge in [-0.2, -0.15) is 0 Å². The molecule has 4 nitrogen and oxygen atoms in total. The second-order valence-electron chi connectivity index (χ2n) is 4.36. The van der Waals surface area contributed by atoms with Gasteiger partial charge in [-0.25, -0.2) is 15.0 Å². The summed E-state index contributed by atoms with van der Waals surface area (Å²) < 4.78 is 0. The zero-order valence-corrected chi connectivity index (χ0v) is 11.7. The highest BCUT2D eigenvalue weighted by Crippen LogP contribution is 2.18. The third kappa shape index (κ3) is 2.56. The van der Waals surface area contributed by atoms with Gasteiger partial charge in [-0.15, -0.1) is 11.3 Å². The maximum absolute atomic E-state index is 4.60. The van der Waals surface area contributed by atoms with Crippen molar-refractivity contribution in [1.29, 1.82) is 0 Å². The van der Waals surface area contributed by atoms with Crippen molar-refractivity contribution in [3.8, 4) is 0 Å². The monoisotopic (exact) mass is 270 g/mol. The Morgan fingerprint density at radius 1 is 1.11 bits per heavy atom. The fraction of sp³-hybridized carbons (Fsp3) is 0.214. The van der Waals surface area contributed by atoms with Crippen LogP contribution in [0.1, 0.15) is 15.6 Å². The lowest BCUT2D eigenvalue weighted by Gasteiger charge is -2.07. The Bertz CT molecular complexity index is 720. The fourth-order valence-electron chi connectivity index (χ4n) is 1.90. The quantitative estimate of drug-likeness (QED) is 0.793. The molecule has 0 amide bonds. The van der Waals surface area contributed by atoms with Crippen molar-refractivity contribution in [1.82, 2.24) is 15.0 Å². The van der Waals surface area contributed by atoms with Crippen LogP contribution in [-0.2, 0) is 6.54 Å². The molecule has 1 N–H and O–H groups in total. The molecule has 0 aliphatic rings. The molecule has 0 saturated carbocycles. The number of aromatic nitrogens is 3. The average Bonchev–Trinajstić information content (AvgIpc) is 2.82. The average molecular weight is 270 g/mol. The van der Waals surface area contributed by atoms with E-state index in [1.54, 1.807) is 11.3 Å². The van der Waals surface area contributed by atoms with Crippen LogP contribution in [0.2, 0.25) is 0 Å². The molecule has 0 atom stereocenters. The van der Waals surface area contributed by atoms with Crippen molar-refractivity contribution in [2.45, 2.75) is 20.4 Å². The standard InChI is InChI=1S/C14H14N4S/c1-9-7-15-13(19-9)8-16-14-10(2)17-11-5-3-4-6-12(11)18-14/h3-7H,8H2,1-2H3,(H,16,18). The number of para-hydroxylation sites is 2. The Kier molecular flexibility index (Phi) is 3.13. The number of aryl methyl sites for hydroxylation is 2. The Labute approximate surface area is 115 Å². The molecular weight excluding hydrogens is 256 g/mol. The molecule has 19 heavy (non-hydrogen) atoms. The van der Waals surface area contributed by atoms with Crippen molar-refractivity contribution >= 4 is 28.2 Å². The fourth-order valence-corrected chi connectivity index (χ4v) is 2.62. The highest BCUT2D eigenvalue weighted by atomic mass is 32.1. The van der Waals surface area contributed by atoms with Gasteiger partial charge in [-0.3, -0.25) is 0 Å². The minimum Gasteiger partial charge on any atom is -0.362 e. The van der Waals surface area contributed by atoms with Crippen LogP contribution in [0.15, 0.2) is 30.5 Å². The summed E-state index contributed by atoms with van der Waals surface area (Å²) in [5, 5.41) is 4.37. The summed E-state index contributed by atoms with van der Waals surface area (Å²) in [4.78, 5) is 14.7. The number of nitrogens with zero attached hydrogens (tertiary/aromatic N) is 3. The first-order valence-electron chi connectivity index (χ1n) is 6.11. The van der Waals surface area contributed by atoms with E-state index in [9.17, 15) is 0 Å². The summed E-state index contributed by atoms with van der Waals surface area (Å²) in [7, 11) is 0. The normalized spacial score (nSPS) is 10.8. The molecule has 0 aliphatic carbocycles. The largest absolute Gasteiger partial charge is 0.362 e. The Morgan fingerprint density at radius 3 is 2.53 bits per heavy atom. The van der Waals surface area contributed by atoms with Gasteiger partial charge in [-0.05, 0) is 26.0 Å². The highest BCUT2D eigenvalue weighted by Gasteiger charge is 2.05. The molecule has 5 heteroatoms. The van der Waals surface area contributed by atoms with Crippen LogP contribution in [0.4, 0.5) is 5.82 Å². The number of rotatable bonds is 3. The first kappa shape index (κ1) is 12.0. The predicted molar refractivity (Wildman–Crippen MR) is 78.5 cm³/mol. The van der Waals surface area contributed by atoms with Gasteiger partial charge < -0.3 is 5.32 Å². The van der Waals surface area contributed by atoms with Crippen molar-refractivity contribution < 1.29 is 0 Å². The van der Waals surface area contributed by atoms with Crippen LogP contribution in [0.25, 0.3) is 11.0 Å².